The van der Waals surface area contributed by atoms with Gasteiger partial charge in [-0.05, 0) is 31.2 Å². The molecule has 1 fully saturated rings. The quantitative estimate of drug-likeness (QED) is 0.666. The largest absolute Gasteiger partial charge is 0.503 e. The Balaban J connectivity index is 2.06. The maximum atomic E-state index is 13.5. The first-order valence-corrected chi connectivity index (χ1v) is 6.62. The second-order valence-electron chi connectivity index (χ2n) is 4.87. The smallest absolute Gasteiger partial charge is 0.254 e. The lowest BCUT2D eigenvalue weighted by Crippen LogP contribution is -2.29. The van der Waals surface area contributed by atoms with E-state index >= 15 is 0 Å². The molecule has 2 unspecified atom stereocenters. The van der Waals surface area contributed by atoms with Crippen LogP contribution in [-0.4, -0.2) is 22.9 Å². The van der Waals surface area contributed by atoms with Gasteiger partial charge in [0.25, 0.3) is 5.91 Å². The summed E-state index contributed by atoms with van der Waals surface area (Å²) in [5.41, 5.74) is -0.721. The highest BCUT2D eigenvalue weighted by Crippen LogP contribution is 2.29. The monoisotopic (exact) mass is 307 g/mol. The fraction of sp³-hybridized carbons (Fsp3) is 0.462. The van der Waals surface area contributed by atoms with E-state index in [0.717, 1.165) is 19.3 Å². The van der Waals surface area contributed by atoms with Crippen molar-refractivity contribution < 1.29 is 23.1 Å². The molecule has 110 valence electrons. The molecule has 0 aliphatic heterocycles. The van der Waals surface area contributed by atoms with Crippen LogP contribution in [0.25, 0.3) is 0 Å². The molecule has 1 aliphatic carbocycles. The Labute approximate surface area is 118 Å². The Hall–Kier alpha value is -1.43. The van der Waals surface area contributed by atoms with E-state index in [4.69, 9.17) is 16.7 Å². The number of carbonyl (C=O) groups is 1. The van der Waals surface area contributed by atoms with Gasteiger partial charge in [-0.2, -0.15) is 4.39 Å². The normalized spacial score (nSPS) is 22.0. The van der Waals surface area contributed by atoms with Crippen LogP contribution in [0.4, 0.5) is 13.2 Å². The molecule has 0 aromatic heterocycles. The predicted octanol–water partition coefficient (Wildman–Crippen LogP) is 2.95. The molecule has 0 spiro atoms. The number of nitrogens with one attached hydrogen (secondary N) is 1. The summed E-state index contributed by atoms with van der Waals surface area (Å²) < 4.78 is 39.5. The number of hydrogen-bond acceptors (Lipinski definition) is 2. The van der Waals surface area contributed by atoms with Gasteiger partial charge in [-0.1, -0.05) is 0 Å². The third-order valence-electron chi connectivity index (χ3n) is 3.41. The Bertz CT molecular complexity index is 539. The summed E-state index contributed by atoms with van der Waals surface area (Å²) in [5.74, 6) is -6.85. The highest BCUT2D eigenvalue weighted by molar-refractivity contribution is 6.20. The maximum absolute atomic E-state index is 13.5. The third-order valence-corrected chi connectivity index (χ3v) is 3.80. The summed E-state index contributed by atoms with van der Waals surface area (Å²) in [6, 6.07) is 0.429. The molecule has 7 heteroatoms. The minimum absolute atomic E-state index is 0.0703. The second kappa shape index (κ2) is 5.91. The highest BCUT2D eigenvalue weighted by atomic mass is 35.5. The Morgan fingerprint density at radius 3 is 2.65 bits per heavy atom. The van der Waals surface area contributed by atoms with E-state index in [1.165, 1.54) is 0 Å². The van der Waals surface area contributed by atoms with Crippen molar-refractivity contribution >= 4 is 17.5 Å². The van der Waals surface area contributed by atoms with Crippen LogP contribution in [0.1, 0.15) is 29.6 Å². The van der Waals surface area contributed by atoms with Crippen LogP contribution in [0.3, 0.4) is 0 Å². The Morgan fingerprint density at radius 1 is 1.35 bits per heavy atom. The fourth-order valence-electron chi connectivity index (χ4n) is 2.29. The van der Waals surface area contributed by atoms with Crippen LogP contribution in [0.5, 0.6) is 5.75 Å². The molecule has 0 heterocycles. The van der Waals surface area contributed by atoms with Crippen molar-refractivity contribution in [2.24, 2.45) is 5.92 Å². The van der Waals surface area contributed by atoms with Crippen molar-refractivity contribution in [3.05, 3.63) is 29.1 Å². The zero-order valence-electron chi connectivity index (χ0n) is 10.4. The van der Waals surface area contributed by atoms with Crippen molar-refractivity contribution in [3.63, 3.8) is 0 Å². The van der Waals surface area contributed by atoms with E-state index in [0.29, 0.717) is 6.07 Å². The van der Waals surface area contributed by atoms with Crippen molar-refractivity contribution in [1.29, 1.82) is 0 Å². The number of hydrogen-bond donors (Lipinski definition) is 2. The number of alkyl halides is 1. The zero-order valence-corrected chi connectivity index (χ0v) is 11.2. The number of aromatic hydroxyl groups is 1. The minimum Gasteiger partial charge on any atom is -0.503 e. The second-order valence-corrected chi connectivity index (χ2v) is 5.49. The molecule has 1 aromatic rings. The van der Waals surface area contributed by atoms with Crippen molar-refractivity contribution in [2.45, 2.75) is 24.6 Å². The molecule has 1 aliphatic rings. The van der Waals surface area contributed by atoms with Gasteiger partial charge < -0.3 is 10.4 Å². The van der Waals surface area contributed by atoms with Gasteiger partial charge >= 0.3 is 0 Å². The van der Waals surface area contributed by atoms with Gasteiger partial charge in [0, 0.05) is 11.9 Å². The number of halogens is 4. The number of benzene rings is 1. The highest BCUT2D eigenvalue weighted by Gasteiger charge is 2.25. The lowest BCUT2D eigenvalue weighted by Gasteiger charge is -2.12. The Morgan fingerprint density at radius 2 is 2.05 bits per heavy atom. The molecule has 0 saturated heterocycles. The van der Waals surface area contributed by atoms with Crippen LogP contribution in [0.2, 0.25) is 0 Å². The first-order valence-electron chi connectivity index (χ1n) is 6.19. The average molecular weight is 308 g/mol. The molecule has 1 aromatic carbocycles. The van der Waals surface area contributed by atoms with E-state index in [1.807, 2.05) is 0 Å². The molecule has 2 rings (SSSR count). The van der Waals surface area contributed by atoms with E-state index in [-0.39, 0.29) is 17.8 Å². The fourth-order valence-corrected chi connectivity index (χ4v) is 2.67. The van der Waals surface area contributed by atoms with E-state index in [9.17, 15) is 18.0 Å². The van der Waals surface area contributed by atoms with Crippen LogP contribution in [0.15, 0.2) is 6.07 Å². The number of rotatable bonds is 3. The molecule has 2 N–H and O–H groups in total. The lowest BCUT2D eigenvalue weighted by atomic mass is 10.1. The molecular formula is C13H13ClF3NO2. The summed E-state index contributed by atoms with van der Waals surface area (Å²) in [4.78, 5) is 11.7. The van der Waals surface area contributed by atoms with Crippen LogP contribution < -0.4 is 5.32 Å². The topological polar surface area (TPSA) is 49.3 Å². The van der Waals surface area contributed by atoms with Gasteiger partial charge in [-0.25, -0.2) is 8.78 Å². The molecule has 1 amide bonds. The summed E-state index contributed by atoms with van der Waals surface area (Å²) >= 11 is 5.93. The lowest BCUT2D eigenvalue weighted by molar-refractivity contribution is 0.0941. The van der Waals surface area contributed by atoms with Crippen LogP contribution in [0, 0.1) is 23.4 Å². The minimum atomic E-state index is -1.71. The molecule has 0 radical (unpaired) electrons. The number of phenols is 1. The summed E-state index contributed by atoms with van der Waals surface area (Å²) in [7, 11) is 0. The van der Waals surface area contributed by atoms with Crippen molar-refractivity contribution in [3.8, 4) is 5.75 Å². The van der Waals surface area contributed by atoms with Crippen molar-refractivity contribution in [1.82, 2.24) is 5.32 Å². The SMILES string of the molecule is O=C(NCC1CCC(Cl)C1)c1cc(F)c(F)c(O)c1F. The van der Waals surface area contributed by atoms with Gasteiger partial charge in [0.05, 0.1) is 5.56 Å². The number of carbonyl (C=O) groups excluding carboxylic acids is 1. The Kier molecular flexibility index (Phi) is 4.42. The average Bonchev–Trinajstić information content (AvgIpc) is 2.83. The van der Waals surface area contributed by atoms with Gasteiger partial charge in [0.15, 0.2) is 17.4 Å². The molecule has 1 saturated carbocycles. The first kappa shape index (κ1) is 15.0. The summed E-state index contributed by atoms with van der Waals surface area (Å²) in [6.07, 6.45) is 2.44. The third kappa shape index (κ3) is 3.00. The maximum Gasteiger partial charge on any atom is 0.254 e. The van der Waals surface area contributed by atoms with Gasteiger partial charge in [0.1, 0.15) is 0 Å². The molecule has 3 nitrogen and oxygen atoms in total. The summed E-state index contributed by atoms with van der Waals surface area (Å²) in [6.45, 7) is 0.279. The molecular weight excluding hydrogens is 295 g/mol. The van der Waals surface area contributed by atoms with Crippen molar-refractivity contribution in [2.75, 3.05) is 6.54 Å². The van der Waals surface area contributed by atoms with Crippen LogP contribution >= 0.6 is 11.6 Å². The number of phenolic OH excluding ortho intramolecular Hbond substituents is 1. The molecule has 20 heavy (non-hydrogen) atoms. The first-order chi connectivity index (χ1) is 9.40. The van der Waals surface area contributed by atoms with Gasteiger partial charge in [-0.3, -0.25) is 4.79 Å². The molecule has 2 atom stereocenters. The van der Waals surface area contributed by atoms with E-state index < -0.39 is 34.7 Å². The van der Waals surface area contributed by atoms with Gasteiger partial charge in [-0.15, -0.1) is 11.6 Å². The van der Waals surface area contributed by atoms with Crippen LogP contribution in [-0.2, 0) is 0 Å². The number of amides is 1. The predicted molar refractivity (Wildman–Crippen MR) is 67.3 cm³/mol. The standard InChI is InChI=1S/C13H13ClF3NO2/c14-7-2-1-6(3-7)5-18-13(20)8-4-9(15)11(17)12(19)10(8)16/h4,6-7,19H,1-3,5H2,(H,18,20). The molecule has 0 bridgehead atoms. The van der Waals surface area contributed by atoms with Gasteiger partial charge in [0.2, 0.25) is 5.82 Å². The van der Waals surface area contributed by atoms with E-state index in [1.54, 1.807) is 0 Å². The van der Waals surface area contributed by atoms with E-state index in [2.05, 4.69) is 5.32 Å². The summed E-state index contributed by atoms with van der Waals surface area (Å²) in [5, 5.41) is 11.6. The zero-order chi connectivity index (χ0) is 14.9.